The first-order chi connectivity index (χ1) is 11.6. The molecule has 0 radical (unpaired) electrons. The molecule has 0 fully saturated rings. The molecule has 1 aromatic carbocycles. The second-order valence-corrected chi connectivity index (χ2v) is 5.63. The SMILES string of the molecule is Cc1cccn2c(=O)c(C=NO)c(N(C)Cc3ccccc3)nc12. The number of oxime groups is 1. The summed E-state index contributed by atoms with van der Waals surface area (Å²) < 4.78 is 1.46. The molecule has 0 amide bonds. The lowest BCUT2D eigenvalue weighted by molar-refractivity contribution is 0.322. The normalized spacial score (nSPS) is 11.2. The van der Waals surface area contributed by atoms with Gasteiger partial charge < -0.3 is 10.1 Å². The molecule has 0 atom stereocenters. The van der Waals surface area contributed by atoms with Gasteiger partial charge >= 0.3 is 0 Å². The van der Waals surface area contributed by atoms with Crippen molar-refractivity contribution in [1.82, 2.24) is 9.38 Å². The van der Waals surface area contributed by atoms with Gasteiger partial charge in [0.1, 0.15) is 17.0 Å². The summed E-state index contributed by atoms with van der Waals surface area (Å²) in [7, 11) is 1.86. The molecule has 6 heteroatoms. The van der Waals surface area contributed by atoms with Crippen molar-refractivity contribution in [2.45, 2.75) is 13.5 Å². The number of pyridine rings is 1. The van der Waals surface area contributed by atoms with Gasteiger partial charge in [-0.25, -0.2) is 4.98 Å². The van der Waals surface area contributed by atoms with Crippen molar-refractivity contribution in [2.75, 3.05) is 11.9 Å². The van der Waals surface area contributed by atoms with Crippen LogP contribution in [0.25, 0.3) is 5.65 Å². The summed E-state index contributed by atoms with van der Waals surface area (Å²) in [6.45, 7) is 2.49. The maximum Gasteiger partial charge on any atom is 0.269 e. The van der Waals surface area contributed by atoms with Gasteiger partial charge in [0.25, 0.3) is 5.56 Å². The summed E-state index contributed by atoms with van der Waals surface area (Å²) in [6.07, 6.45) is 2.80. The molecule has 0 saturated heterocycles. The van der Waals surface area contributed by atoms with E-state index in [0.29, 0.717) is 18.0 Å². The molecule has 0 aliphatic heterocycles. The average molecular weight is 322 g/mol. The van der Waals surface area contributed by atoms with Crippen LogP contribution in [-0.4, -0.2) is 27.9 Å². The van der Waals surface area contributed by atoms with Crippen molar-refractivity contribution < 1.29 is 5.21 Å². The second kappa shape index (κ2) is 6.54. The molecule has 1 N–H and O–H groups in total. The van der Waals surface area contributed by atoms with Gasteiger partial charge in [0, 0.05) is 19.8 Å². The number of hydrogen-bond acceptors (Lipinski definition) is 5. The molecule has 6 nitrogen and oxygen atoms in total. The van der Waals surface area contributed by atoms with Gasteiger partial charge in [-0.1, -0.05) is 41.6 Å². The van der Waals surface area contributed by atoms with Crippen LogP contribution < -0.4 is 10.5 Å². The van der Waals surface area contributed by atoms with Crippen LogP contribution >= 0.6 is 0 Å². The Kier molecular flexibility index (Phi) is 4.29. The Balaban J connectivity index is 2.16. The third-order valence-electron chi connectivity index (χ3n) is 3.88. The molecular weight excluding hydrogens is 304 g/mol. The van der Waals surface area contributed by atoms with Crippen LogP contribution in [0.4, 0.5) is 5.82 Å². The lowest BCUT2D eigenvalue weighted by Gasteiger charge is -2.21. The van der Waals surface area contributed by atoms with Crippen molar-refractivity contribution in [3.05, 3.63) is 75.7 Å². The minimum atomic E-state index is -0.267. The molecule has 3 aromatic rings. The van der Waals surface area contributed by atoms with Crippen LogP contribution in [-0.2, 0) is 6.54 Å². The molecule has 0 aliphatic rings. The Morgan fingerprint density at radius 3 is 2.71 bits per heavy atom. The molecule has 0 bridgehead atoms. The van der Waals surface area contributed by atoms with Gasteiger partial charge in [-0.2, -0.15) is 0 Å². The van der Waals surface area contributed by atoms with Crippen LogP contribution in [0.15, 0.2) is 58.6 Å². The highest BCUT2D eigenvalue weighted by molar-refractivity contribution is 5.86. The number of nitrogens with zero attached hydrogens (tertiary/aromatic N) is 4. The molecule has 0 spiro atoms. The number of anilines is 1. The van der Waals surface area contributed by atoms with Crippen LogP contribution in [0.5, 0.6) is 0 Å². The summed E-state index contributed by atoms with van der Waals surface area (Å²) in [5.41, 5.74) is 2.57. The zero-order valence-electron chi connectivity index (χ0n) is 13.5. The second-order valence-electron chi connectivity index (χ2n) is 5.63. The molecule has 3 rings (SSSR count). The summed E-state index contributed by atoms with van der Waals surface area (Å²) >= 11 is 0. The predicted octanol–water partition coefficient (Wildman–Crippen LogP) is 2.45. The van der Waals surface area contributed by atoms with Crippen LogP contribution in [0, 0.1) is 6.92 Å². The Morgan fingerprint density at radius 1 is 1.25 bits per heavy atom. The van der Waals surface area contributed by atoms with E-state index in [1.54, 1.807) is 12.3 Å². The summed E-state index contributed by atoms with van der Waals surface area (Å²) in [5.74, 6) is 0.482. The fourth-order valence-corrected chi connectivity index (χ4v) is 2.69. The highest BCUT2D eigenvalue weighted by atomic mass is 16.4. The van der Waals surface area contributed by atoms with Gasteiger partial charge in [-0.05, 0) is 24.1 Å². The third kappa shape index (κ3) is 2.86. The smallest absolute Gasteiger partial charge is 0.269 e. The van der Waals surface area contributed by atoms with Crippen LogP contribution in [0.3, 0.4) is 0 Å². The van der Waals surface area contributed by atoms with Gasteiger partial charge in [-0.3, -0.25) is 9.20 Å². The van der Waals surface area contributed by atoms with Crippen molar-refractivity contribution >= 4 is 17.7 Å². The van der Waals surface area contributed by atoms with E-state index >= 15 is 0 Å². The van der Waals surface area contributed by atoms with Gasteiger partial charge in [0.2, 0.25) is 0 Å². The molecule has 24 heavy (non-hydrogen) atoms. The Hall–Kier alpha value is -3.15. The standard InChI is InChI=1S/C18H18N4O2/c1-13-7-6-10-22-16(13)20-17(15(11-19-24)18(22)23)21(2)12-14-8-4-3-5-9-14/h3-11,24H,12H2,1-2H3. The van der Waals surface area contributed by atoms with Gasteiger partial charge in [0.15, 0.2) is 0 Å². The number of aromatic nitrogens is 2. The first kappa shape index (κ1) is 15.7. The quantitative estimate of drug-likeness (QED) is 0.455. The number of benzene rings is 1. The van der Waals surface area contributed by atoms with E-state index in [2.05, 4.69) is 10.1 Å². The molecule has 0 saturated carbocycles. The number of hydrogen-bond donors (Lipinski definition) is 1. The summed E-state index contributed by atoms with van der Waals surface area (Å²) in [4.78, 5) is 19.3. The largest absolute Gasteiger partial charge is 0.411 e. The van der Waals surface area contributed by atoms with E-state index in [4.69, 9.17) is 5.21 Å². The molecule has 0 unspecified atom stereocenters. The number of rotatable bonds is 4. The lowest BCUT2D eigenvalue weighted by atomic mass is 10.2. The lowest BCUT2D eigenvalue weighted by Crippen LogP contribution is -2.27. The van der Waals surface area contributed by atoms with E-state index in [-0.39, 0.29) is 11.1 Å². The molecule has 2 heterocycles. The van der Waals surface area contributed by atoms with Crippen molar-refractivity contribution in [3.63, 3.8) is 0 Å². The fraction of sp³-hybridized carbons (Fsp3) is 0.167. The van der Waals surface area contributed by atoms with Gasteiger partial charge in [-0.15, -0.1) is 0 Å². The highest BCUT2D eigenvalue weighted by Gasteiger charge is 2.16. The zero-order valence-corrected chi connectivity index (χ0v) is 13.5. The number of aryl methyl sites for hydroxylation is 1. The van der Waals surface area contributed by atoms with E-state index in [1.165, 1.54) is 4.40 Å². The first-order valence-electron chi connectivity index (χ1n) is 7.56. The first-order valence-corrected chi connectivity index (χ1v) is 7.56. The van der Waals surface area contributed by atoms with E-state index < -0.39 is 0 Å². The number of fused-ring (bicyclic) bond motifs is 1. The predicted molar refractivity (Wildman–Crippen MR) is 94.1 cm³/mol. The van der Waals surface area contributed by atoms with Crippen LogP contribution in [0.1, 0.15) is 16.7 Å². The van der Waals surface area contributed by atoms with E-state index in [0.717, 1.165) is 17.3 Å². The third-order valence-corrected chi connectivity index (χ3v) is 3.88. The Labute approximate surface area is 139 Å². The van der Waals surface area contributed by atoms with Crippen molar-refractivity contribution in [3.8, 4) is 0 Å². The maximum atomic E-state index is 12.7. The summed E-state index contributed by atoms with van der Waals surface area (Å²) in [6, 6.07) is 13.6. The van der Waals surface area contributed by atoms with Gasteiger partial charge in [0.05, 0.1) is 6.21 Å². The topological polar surface area (TPSA) is 70.2 Å². The Morgan fingerprint density at radius 2 is 2.00 bits per heavy atom. The Bertz CT molecular complexity index is 948. The van der Waals surface area contributed by atoms with E-state index in [9.17, 15) is 4.79 Å². The zero-order chi connectivity index (χ0) is 17.1. The minimum Gasteiger partial charge on any atom is -0.411 e. The maximum absolute atomic E-state index is 12.7. The molecular formula is C18H18N4O2. The van der Waals surface area contributed by atoms with E-state index in [1.807, 2.05) is 55.3 Å². The molecule has 2 aromatic heterocycles. The molecule has 0 aliphatic carbocycles. The average Bonchev–Trinajstić information content (AvgIpc) is 2.59. The fourth-order valence-electron chi connectivity index (χ4n) is 2.69. The van der Waals surface area contributed by atoms with Crippen molar-refractivity contribution in [2.24, 2.45) is 5.16 Å². The highest BCUT2D eigenvalue weighted by Crippen LogP contribution is 2.17. The molecule has 122 valence electrons. The van der Waals surface area contributed by atoms with Crippen molar-refractivity contribution in [1.29, 1.82) is 0 Å². The minimum absolute atomic E-state index is 0.249. The summed E-state index contributed by atoms with van der Waals surface area (Å²) in [5, 5.41) is 12.0. The monoisotopic (exact) mass is 322 g/mol. The van der Waals surface area contributed by atoms with Crippen LogP contribution in [0.2, 0.25) is 0 Å².